The third kappa shape index (κ3) is 4.66. The summed E-state index contributed by atoms with van der Waals surface area (Å²) in [6, 6.07) is 7.60. The molecule has 0 spiro atoms. The van der Waals surface area contributed by atoms with Gasteiger partial charge >= 0.3 is 0 Å². The van der Waals surface area contributed by atoms with Crippen LogP contribution in [0.5, 0.6) is 5.75 Å². The molecular weight excluding hydrogens is 346 g/mol. The Hall–Kier alpha value is -2.41. The van der Waals surface area contributed by atoms with E-state index in [9.17, 15) is 4.79 Å². The van der Waals surface area contributed by atoms with Crippen LogP contribution in [-0.2, 0) is 22.4 Å². The molecule has 1 saturated heterocycles. The van der Waals surface area contributed by atoms with Gasteiger partial charge in [-0.25, -0.2) is 0 Å². The van der Waals surface area contributed by atoms with Crippen molar-refractivity contribution >= 4 is 5.91 Å². The number of aromatic nitrogens is 2. The second kappa shape index (κ2) is 8.08. The van der Waals surface area contributed by atoms with Gasteiger partial charge in [0.1, 0.15) is 5.75 Å². The summed E-state index contributed by atoms with van der Waals surface area (Å²) in [5.74, 6) is 3.07. The van der Waals surface area contributed by atoms with E-state index in [0.29, 0.717) is 44.3 Å². The van der Waals surface area contributed by atoms with E-state index in [1.165, 1.54) is 12.8 Å². The van der Waals surface area contributed by atoms with Crippen LogP contribution in [0.25, 0.3) is 0 Å². The van der Waals surface area contributed by atoms with Crippen LogP contribution in [0.1, 0.15) is 36.0 Å². The Morgan fingerprint density at radius 3 is 2.96 bits per heavy atom. The zero-order valence-corrected chi connectivity index (χ0v) is 15.6. The fourth-order valence-electron chi connectivity index (χ4n) is 3.14. The molecule has 1 amide bonds. The maximum absolute atomic E-state index is 12.4. The van der Waals surface area contributed by atoms with E-state index in [4.69, 9.17) is 14.0 Å². The van der Waals surface area contributed by atoms with Crippen molar-refractivity contribution in [3.05, 3.63) is 41.5 Å². The Morgan fingerprint density at radius 2 is 2.19 bits per heavy atom. The van der Waals surface area contributed by atoms with Crippen molar-refractivity contribution in [3.8, 4) is 5.75 Å². The number of benzene rings is 1. The van der Waals surface area contributed by atoms with E-state index in [-0.39, 0.29) is 11.8 Å². The summed E-state index contributed by atoms with van der Waals surface area (Å²) in [5.41, 5.74) is 0.953. The summed E-state index contributed by atoms with van der Waals surface area (Å²) < 4.78 is 16.2. The lowest BCUT2D eigenvalue weighted by atomic mass is 9.98. The summed E-state index contributed by atoms with van der Waals surface area (Å²) in [6.07, 6.45) is 3.63. The average Bonchev–Trinajstić information content (AvgIpc) is 3.35. The summed E-state index contributed by atoms with van der Waals surface area (Å²) in [6.45, 7) is 2.73. The molecule has 0 bridgehead atoms. The largest absolute Gasteiger partial charge is 0.497 e. The lowest BCUT2D eigenvalue weighted by Gasteiger charge is -2.37. The minimum atomic E-state index is 0.104. The van der Waals surface area contributed by atoms with Crippen molar-refractivity contribution < 1.29 is 18.8 Å². The molecule has 0 unspecified atom stereocenters. The van der Waals surface area contributed by atoms with E-state index in [1.807, 2.05) is 29.2 Å². The first-order valence-electron chi connectivity index (χ1n) is 9.52. The summed E-state index contributed by atoms with van der Waals surface area (Å²) >= 11 is 0. The van der Waals surface area contributed by atoms with Crippen LogP contribution < -0.4 is 4.74 Å². The topological polar surface area (TPSA) is 77.7 Å². The predicted molar refractivity (Wildman–Crippen MR) is 97.6 cm³/mol. The number of carbonyl (C=O) groups excluding carboxylic acids is 1. The van der Waals surface area contributed by atoms with E-state index in [1.54, 1.807) is 7.11 Å². The minimum Gasteiger partial charge on any atom is -0.497 e. The maximum atomic E-state index is 12.4. The number of hydrogen-bond acceptors (Lipinski definition) is 6. The molecule has 2 aromatic rings. The molecule has 1 aromatic carbocycles. The first kappa shape index (κ1) is 18.0. The average molecular weight is 371 g/mol. The zero-order chi connectivity index (χ0) is 18.6. The summed E-state index contributed by atoms with van der Waals surface area (Å²) in [4.78, 5) is 18.7. The van der Waals surface area contributed by atoms with Gasteiger partial charge in [-0.3, -0.25) is 4.79 Å². The van der Waals surface area contributed by atoms with Crippen molar-refractivity contribution in [1.82, 2.24) is 15.0 Å². The first-order chi connectivity index (χ1) is 13.2. The van der Waals surface area contributed by atoms with Gasteiger partial charge in [-0.1, -0.05) is 17.3 Å². The Morgan fingerprint density at radius 1 is 1.33 bits per heavy atom. The van der Waals surface area contributed by atoms with Crippen molar-refractivity contribution in [2.45, 2.75) is 31.6 Å². The minimum absolute atomic E-state index is 0.104. The molecule has 7 heteroatoms. The van der Waals surface area contributed by atoms with E-state index < -0.39 is 0 Å². The smallest absolute Gasteiger partial charge is 0.233 e. The molecule has 1 saturated carbocycles. The van der Waals surface area contributed by atoms with Crippen LogP contribution in [0, 0.1) is 5.92 Å². The molecule has 0 radical (unpaired) electrons. The highest BCUT2D eigenvalue weighted by Crippen LogP contribution is 2.29. The number of hydrogen-bond donors (Lipinski definition) is 0. The van der Waals surface area contributed by atoms with Crippen molar-refractivity contribution in [3.63, 3.8) is 0 Å². The molecule has 0 N–H and O–H groups in total. The normalized spacial score (nSPS) is 17.0. The summed E-state index contributed by atoms with van der Waals surface area (Å²) in [5, 5.41) is 4.02. The van der Waals surface area contributed by atoms with Gasteiger partial charge in [-0.2, -0.15) is 4.98 Å². The number of ether oxygens (including phenoxy) is 2. The van der Waals surface area contributed by atoms with Gasteiger partial charge in [-0.15, -0.1) is 0 Å². The third-order valence-corrected chi connectivity index (χ3v) is 5.08. The van der Waals surface area contributed by atoms with Crippen molar-refractivity contribution in [1.29, 1.82) is 0 Å². The van der Waals surface area contributed by atoms with Gasteiger partial charge in [0, 0.05) is 26.1 Å². The van der Waals surface area contributed by atoms with Gasteiger partial charge in [0.15, 0.2) is 5.82 Å². The molecule has 2 aliphatic rings. The van der Waals surface area contributed by atoms with Crippen molar-refractivity contribution in [2.75, 3.05) is 33.4 Å². The number of rotatable bonds is 9. The Labute approximate surface area is 158 Å². The number of likely N-dealkylation sites (tertiary alicyclic amines) is 1. The Kier molecular flexibility index (Phi) is 5.38. The van der Waals surface area contributed by atoms with Crippen LogP contribution in [0.2, 0.25) is 0 Å². The zero-order valence-electron chi connectivity index (χ0n) is 15.6. The SMILES string of the molecule is COc1cccc(CC(=O)N2CC(c3nc(CCOCC4CC4)no3)C2)c1. The van der Waals surface area contributed by atoms with Crippen LogP contribution in [-0.4, -0.2) is 54.4 Å². The second-order valence-electron chi connectivity index (χ2n) is 7.34. The van der Waals surface area contributed by atoms with Crippen LogP contribution in [0.15, 0.2) is 28.8 Å². The molecule has 0 atom stereocenters. The standard InChI is InChI=1S/C20H25N3O4/c1-25-17-4-2-3-15(9-17)10-19(24)23-11-16(12-23)20-21-18(22-27-20)7-8-26-13-14-5-6-14/h2-4,9,14,16H,5-8,10-13H2,1H3. The lowest BCUT2D eigenvalue weighted by molar-refractivity contribution is -0.135. The van der Waals surface area contributed by atoms with Gasteiger partial charge in [0.05, 0.1) is 26.1 Å². The molecule has 1 aromatic heterocycles. The number of nitrogens with zero attached hydrogens (tertiary/aromatic N) is 3. The van der Waals surface area contributed by atoms with Gasteiger partial charge in [-0.05, 0) is 36.5 Å². The molecule has 7 nitrogen and oxygen atoms in total. The lowest BCUT2D eigenvalue weighted by Crippen LogP contribution is -2.49. The van der Waals surface area contributed by atoms with Gasteiger partial charge in [0.25, 0.3) is 0 Å². The molecule has 27 heavy (non-hydrogen) atoms. The van der Waals surface area contributed by atoms with Gasteiger partial charge < -0.3 is 18.9 Å². The highest BCUT2D eigenvalue weighted by Gasteiger charge is 2.35. The monoisotopic (exact) mass is 371 g/mol. The van der Waals surface area contributed by atoms with E-state index in [0.717, 1.165) is 23.8 Å². The van der Waals surface area contributed by atoms with Crippen molar-refractivity contribution in [2.24, 2.45) is 5.92 Å². The maximum Gasteiger partial charge on any atom is 0.233 e. The number of methoxy groups -OCH3 is 1. The van der Waals surface area contributed by atoms with Gasteiger partial charge in [0.2, 0.25) is 11.8 Å². The first-order valence-corrected chi connectivity index (χ1v) is 9.52. The molecule has 4 rings (SSSR count). The fourth-order valence-corrected chi connectivity index (χ4v) is 3.14. The molecule has 1 aliphatic heterocycles. The number of amides is 1. The fraction of sp³-hybridized carbons (Fsp3) is 0.550. The second-order valence-corrected chi connectivity index (χ2v) is 7.34. The predicted octanol–water partition coefficient (Wildman–Crippen LogP) is 2.22. The highest BCUT2D eigenvalue weighted by molar-refractivity contribution is 5.79. The summed E-state index contributed by atoms with van der Waals surface area (Å²) in [7, 11) is 1.62. The van der Waals surface area contributed by atoms with Crippen LogP contribution in [0.3, 0.4) is 0 Å². The molecule has 144 valence electrons. The quantitative estimate of drug-likeness (QED) is 0.629. The van der Waals surface area contributed by atoms with E-state index >= 15 is 0 Å². The Bertz CT molecular complexity index is 781. The van der Waals surface area contributed by atoms with E-state index in [2.05, 4.69) is 10.1 Å². The molecule has 1 aliphatic carbocycles. The third-order valence-electron chi connectivity index (χ3n) is 5.08. The highest BCUT2D eigenvalue weighted by atomic mass is 16.5. The number of carbonyl (C=O) groups is 1. The molecule has 2 fully saturated rings. The van der Waals surface area contributed by atoms with Crippen LogP contribution >= 0.6 is 0 Å². The molecule has 2 heterocycles. The van der Waals surface area contributed by atoms with Crippen LogP contribution in [0.4, 0.5) is 0 Å². The Balaban J connectivity index is 1.21. The molecular formula is C20H25N3O4.